The maximum absolute atomic E-state index is 12.5. The predicted molar refractivity (Wildman–Crippen MR) is 106 cm³/mol. The van der Waals surface area contributed by atoms with Crippen LogP contribution in [0.2, 0.25) is 0 Å². The van der Waals surface area contributed by atoms with Gasteiger partial charge < -0.3 is 9.47 Å². The number of nitriles is 1. The minimum absolute atomic E-state index is 0.0986. The van der Waals surface area contributed by atoms with E-state index in [1.54, 1.807) is 38.1 Å². The highest BCUT2D eigenvalue weighted by atomic mass is 16.6. The monoisotopic (exact) mass is 391 g/mol. The molecule has 0 spiro atoms. The van der Waals surface area contributed by atoms with Gasteiger partial charge in [0.05, 0.1) is 18.7 Å². The quantitative estimate of drug-likeness (QED) is 0.748. The number of amides is 3. The Hall–Kier alpha value is -3.66. The Morgan fingerprint density at radius 3 is 2.55 bits per heavy atom. The second kappa shape index (κ2) is 9.02. The minimum Gasteiger partial charge on any atom is -0.489 e. The van der Waals surface area contributed by atoms with Gasteiger partial charge in [-0.05, 0) is 25.5 Å². The van der Waals surface area contributed by atoms with Gasteiger partial charge >= 0.3 is 12.1 Å². The van der Waals surface area contributed by atoms with Crippen molar-refractivity contribution in [2.45, 2.75) is 26.5 Å². The highest BCUT2D eigenvalue weighted by molar-refractivity contribution is 6.04. The lowest BCUT2D eigenvalue weighted by atomic mass is 9.87. The highest BCUT2D eigenvalue weighted by Crippen LogP contribution is 2.39. The number of hydrogen-bond donors (Lipinski definition) is 0. The van der Waals surface area contributed by atoms with E-state index in [0.717, 1.165) is 10.5 Å². The predicted octanol–water partition coefficient (Wildman–Crippen LogP) is 4.50. The molecule has 0 bridgehead atoms. The Balaban J connectivity index is 2.01. The third kappa shape index (κ3) is 4.27. The molecule has 2 unspecified atom stereocenters. The van der Waals surface area contributed by atoms with Crippen LogP contribution in [0.5, 0.6) is 5.75 Å². The number of hydrogen-bond acceptors (Lipinski definition) is 5. The van der Waals surface area contributed by atoms with E-state index in [0.29, 0.717) is 23.6 Å². The Labute approximate surface area is 169 Å². The number of carbonyl (C=O) groups excluding carboxylic acids is 2. The first kappa shape index (κ1) is 20.1. The van der Waals surface area contributed by atoms with Gasteiger partial charge in [-0.25, -0.2) is 19.5 Å². The van der Waals surface area contributed by atoms with E-state index in [1.165, 1.54) is 0 Å². The summed E-state index contributed by atoms with van der Waals surface area (Å²) in [6.07, 6.45) is -0.836. The standard InChI is InChI=1S/C22H21N3O4/c1-3-28-22(27)25-20(18(13-23)15(2)24-21(25)26)17-11-7-8-12-19(17)29-14-16-9-5-4-6-10-16/h4-12,18,20H,3,14H2,1-2H3. The molecule has 7 heteroatoms. The molecular weight excluding hydrogens is 370 g/mol. The molecule has 2 aromatic rings. The Morgan fingerprint density at radius 1 is 1.17 bits per heavy atom. The van der Waals surface area contributed by atoms with E-state index in [-0.39, 0.29) is 6.61 Å². The number of ether oxygens (including phenoxy) is 2. The molecule has 0 radical (unpaired) electrons. The van der Waals surface area contributed by atoms with Crippen LogP contribution in [0.1, 0.15) is 31.0 Å². The van der Waals surface area contributed by atoms with Gasteiger partial charge in [-0.3, -0.25) is 0 Å². The van der Waals surface area contributed by atoms with E-state index in [4.69, 9.17) is 9.47 Å². The van der Waals surface area contributed by atoms with Crippen LogP contribution in [-0.4, -0.2) is 29.3 Å². The van der Waals surface area contributed by atoms with Crippen LogP contribution in [0.15, 0.2) is 59.6 Å². The van der Waals surface area contributed by atoms with Gasteiger partial charge in [-0.1, -0.05) is 48.5 Å². The molecule has 1 heterocycles. The zero-order valence-corrected chi connectivity index (χ0v) is 16.2. The van der Waals surface area contributed by atoms with Crippen LogP contribution in [0.4, 0.5) is 9.59 Å². The molecule has 148 valence electrons. The first-order valence-electron chi connectivity index (χ1n) is 9.27. The van der Waals surface area contributed by atoms with E-state index in [1.807, 2.05) is 30.3 Å². The summed E-state index contributed by atoms with van der Waals surface area (Å²) in [5.74, 6) is -0.322. The summed E-state index contributed by atoms with van der Waals surface area (Å²) in [5.41, 5.74) is 1.87. The first-order chi connectivity index (χ1) is 14.1. The van der Waals surface area contributed by atoms with Crippen LogP contribution < -0.4 is 4.74 Å². The van der Waals surface area contributed by atoms with Gasteiger partial charge in [0.1, 0.15) is 18.3 Å². The van der Waals surface area contributed by atoms with Crippen molar-refractivity contribution in [1.82, 2.24) is 4.90 Å². The lowest BCUT2D eigenvalue weighted by Gasteiger charge is -2.35. The SMILES string of the molecule is CCOC(=O)N1C(=O)N=C(C)C(C#N)C1c1ccccc1OCc1ccccc1. The summed E-state index contributed by atoms with van der Waals surface area (Å²) in [6, 6.07) is 17.2. The highest BCUT2D eigenvalue weighted by Gasteiger charge is 2.43. The molecule has 3 rings (SSSR count). The largest absolute Gasteiger partial charge is 0.489 e. The Bertz CT molecular complexity index is 966. The molecule has 7 nitrogen and oxygen atoms in total. The van der Waals surface area contributed by atoms with Crippen molar-refractivity contribution in [3.63, 3.8) is 0 Å². The van der Waals surface area contributed by atoms with Crippen LogP contribution in [-0.2, 0) is 11.3 Å². The van der Waals surface area contributed by atoms with Gasteiger partial charge in [0.2, 0.25) is 0 Å². The summed E-state index contributed by atoms with van der Waals surface area (Å²) >= 11 is 0. The second-order valence-corrected chi connectivity index (χ2v) is 6.47. The first-order valence-corrected chi connectivity index (χ1v) is 9.27. The molecule has 1 aliphatic heterocycles. The lowest BCUT2D eigenvalue weighted by molar-refractivity contribution is 0.0974. The molecule has 29 heavy (non-hydrogen) atoms. The van der Waals surface area contributed by atoms with Crippen LogP contribution in [0.3, 0.4) is 0 Å². The molecule has 0 aliphatic carbocycles. The number of urea groups is 1. The molecule has 3 amide bonds. The summed E-state index contributed by atoms with van der Waals surface area (Å²) in [7, 11) is 0. The lowest BCUT2D eigenvalue weighted by Crippen LogP contribution is -2.47. The summed E-state index contributed by atoms with van der Waals surface area (Å²) in [6.45, 7) is 3.66. The fourth-order valence-corrected chi connectivity index (χ4v) is 3.23. The third-order valence-corrected chi connectivity index (χ3v) is 4.60. The molecule has 2 atom stereocenters. The zero-order valence-electron chi connectivity index (χ0n) is 16.2. The van der Waals surface area contributed by atoms with Gasteiger partial charge in [-0.15, -0.1) is 0 Å². The molecule has 2 aromatic carbocycles. The minimum atomic E-state index is -0.893. The average molecular weight is 391 g/mol. The van der Waals surface area contributed by atoms with E-state index in [9.17, 15) is 14.9 Å². The maximum atomic E-state index is 12.5. The molecule has 0 saturated heterocycles. The molecule has 0 aromatic heterocycles. The van der Waals surface area contributed by atoms with Gasteiger partial charge in [-0.2, -0.15) is 5.26 Å². The van der Waals surface area contributed by atoms with Crippen LogP contribution >= 0.6 is 0 Å². The number of imide groups is 1. The molecule has 0 fully saturated rings. The van der Waals surface area contributed by atoms with Crippen LogP contribution in [0, 0.1) is 17.2 Å². The summed E-state index contributed by atoms with van der Waals surface area (Å²) in [5, 5.41) is 9.75. The maximum Gasteiger partial charge on any atom is 0.418 e. The van der Waals surface area contributed by atoms with Crippen molar-refractivity contribution < 1.29 is 19.1 Å². The summed E-state index contributed by atoms with van der Waals surface area (Å²) < 4.78 is 11.0. The van der Waals surface area contributed by atoms with Crippen molar-refractivity contribution in [3.8, 4) is 11.8 Å². The number of rotatable bonds is 5. The molecule has 0 N–H and O–H groups in total. The van der Waals surface area contributed by atoms with Crippen molar-refractivity contribution in [3.05, 3.63) is 65.7 Å². The fourth-order valence-electron chi connectivity index (χ4n) is 3.23. The van der Waals surface area contributed by atoms with Crippen molar-refractivity contribution in [2.24, 2.45) is 10.9 Å². The van der Waals surface area contributed by atoms with Crippen LogP contribution in [0.25, 0.3) is 0 Å². The number of para-hydroxylation sites is 1. The molecule has 1 aliphatic rings. The Kier molecular flexibility index (Phi) is 6.25. The normalized spacial score (nSPS) is 18.6. The van der Waals surface area contributed by atoms with E-state index < -0.39 is 24.1 Å². The summed E-state index contributed by atoms with van der Waals surface area (Å²) in [4.78, 5) is 29.8. The van der Waals surface area contributed by atoms with Crippen molar-refractivity contribution in [1.29, 1.82) is 5.26 Å². The number of aliphatic imine (C=N–C) groups is 1. The third-order valence-electron chi connectivity index (χ3n) is 4.60. The number of benzene rings is 2. The molecular formula is C22H21N3O4. The average Bonchev–Trinajstić information content (AvgIpc) is 2.73. The van der Waals surface area contributed by atoms with E-state index >= 15 is 0 Å². The van der Waals surface area contributed by atoms with Crippen molar-refractivity contribution in [2.75, 3.05) is 6.61 Å². The number of nitrogens with zero attached hydrogens (tertiary/aromatic N) is 3. The molecule has 0 saturated carbocycles. The van der Waals surface area contributed by atoms with Crippen molar-refractivity contribution >= 4 is 17.8 Å². The number of carbonyl (C=O) groups is 2. The van der Waals surface area contributed by atoms with Gasteiger partial charge in [0.25, 0.3) is 0 Å². The second-order valence-electron chi connectivity index (χ2n) is 6.47. The topological polar surface area (TPSA) is 92.0 Å². The van der Waals surface area contributed by atoms with Gasteiger partial charge in [0, 0.05) is 11.3 Å². The van der Waals surface area contributed by atoms with E-state index in [2.05, 4.69) is 11.1 Å². The van der Waals surface area contributed by atoms with Gasteiger partial charge in [0.15, 0.2) is 0 Å². The zero-order chi connectivity index (χ0) is 20.8. The smallest absolute Gasteiger partial charge is 0.418 e. The Morgan fingerprint density at radius 2 is 1.86 bits per heavy atom. The fraction of sp³-hybridized carbons (Fsp3) is 0.273.